The lowest BCUT2D eigenvalue weighted by atomic mass is 10.0. The van der Waals surface area contributed by atoms with Crippen LogP contribution >= 0.6 is 0 Å². The monoisotopic (exact) mass is 304 g/mol. The van der Waals surface area contributed by atoms with Gasteiger partial charge >= 0.3 is 5.97 Å². The largest absolute Gasteiger partial charge is 0.429 e. The smallest absolute Gasteiger partial charge is 0.335 e. The predicted molar refractivity (Wildman–Crippen MR) is 74.3 cm³/mol. The van der Waals surface area contributed by atoms with Gasteiger partial charge in [-0.1, -0.05) is 12.6 Å². The Labute approximate surface area is 124 Å². The number of carbonyl (C=O) groups excluding carboxylic acids is 2. The molecule has 0 spiro atoms. The summed E-state index contributed by atoms with van der Waals surface area (Å²) in [5.41, 5.74) is 0.352. The molecular formula is C16H10F2O4. The first-order valence-electron chi connectivity index (χ1n) is 6.09. The van der Waals surface area contributed by atoms with Crippen molar-refractivity contribution in [2.24, 2.45) is 0 Å². The molecule has 6 heteroatoms. The zero-order valence-electron chi connectivity index (χ0n) is 11.2. The molecule has 0 saturated carbocycles. The summed E-state index contributed by atoms with van der Waals surface area (Å²) in [5, 5.41) is 0. The molecule has 112 valence electrons. The second kappa shape index (κ2) is 6.62. The van der Waals surface area contributed by atoms with Gasteiger partial charge < -0.3 is 9.47 Å². The Hall–Kier alpha value is -3.02. The van der Waals surface area contributed by atoms with Gasteiger partial charge in [-0.05, 0) is 29.8 Å². The Morgan fingerprint density at radius 1 is 1.09 bits per heavy atom. The Morgan fingerprint density at radius 2 is 1.86 bits per heavy atom. The maximum absolute atomic E-state index is 13.9. The zero-order valence-corrected chi connectivity index (χ0v) is 11.2. The van der Waals surface area contributed by atoms with E-state index in [9.17, 15) is 18.4 Å². The zero-order chi connectivity index (χ0) is 16.1. The minimum atomic E-state index is -0.819. The highest BCUT2D eigenvalue weighted by atomic mass is 19.1. The molecule has 0 N–H and O–H groups in total. The number of halogens is 2. The minimum absolute atomic E-state index is 0.0354. The molecule has 0 atom stereocenters. The van der Waals surface area contributed by atoms with Crippen LogP contribution < -0.4 is 9.47 Å². The maximum Gasteiger partial charge on any atom is 0.335 e. The molecule has 0 bridgehead atoms. The van der Waals surface area contributed by atoms with E-state index in [1.165, 1.54) is 24.3 Å². The average molecular weight is 304 g/mol. The number of hydrogen-bond acceptors (Lipinski definition) is 4. The summed E-state index contributed by atoms with van der Waals surface area (Å²) >= 11 is 0. The van der Waals surface area contributed by atoms with Gasteiger partial charge in [0.1, 0.15) is 11.6 Å². The van der Waals surface area contributed by atoms with Crippen molar-refractivity contribution < 1.29 is 27.8 Å². The average Bonchev–Trinajstić information content (AvgIpc) is 2.50. The molecule has 0 aromatic heterocycles. The fourth-order valence-electron chi connectivity index (χ4n) is 1.76. The third kappa shape index (κ3) is 3.35. The third-order valence-corrected chi connectivity index (χ3v) is 2.74. The van der Waals surface area contributed by atoms with E-state index in [0.717, 1.165) is 18.2 Å². The van der Waals surface area contributed by atoms with Crippen LogP contribution in [-0.4, -0.2) is 12.4 Å². The molecule has 2 aromatic rings. The van der Waals surface area contributed by atoms with E-state index in [0.29, 0.717) is 0 Å². The van der Waals surface area contributed by atoms with Gasteiger partial charge in [-0.3, -0.25) is 4.79 Å². The summed E-state index contributed by atoms with van der Waals surface area (Å²) in [6.45, 7) is 3.38. The van der Waals surface area contributed by atoms with Crippen LogP contribution in [-0.2, 0) is 9.59 Å². The number of hydrogen-bond donors (Lipinski definition) is 0. The summed E-state index contributed by atoms with van der Waals surface area (Å²) in [6, 6.07) is 7.36. The normalized spacial score (nSPS) is 9.91. The lowest BCUT2D eigenvalue weighted by Crippen LogP contribution is -2.04. The van der Waals surface area contributed by atoms with E-state index in [-0.39, 0.29) is 29.1 Å². The van der Waals surface area contributed by atoms with Crippen LogP contribution in [0.3, 0.4) is 0 Å². The second-order valence-corrected chi connectivity index (χ2v) is 4.13. The van der Waals surface area contributed by atoms with Crippen LogP contribution in [0.5, 0.6) is 11.5 Å². The van der Waals surface area contributed by atoms with Crippen molar-refractivity contribution in [3.8, 4) is 22.6 Å². The highest BCUT2D eigenvalue weighted by Gasteiger charge is 2.12. The fraction of sp³-hybridized carbons (Fsp3) is 0. The summed E-state index contributed by atoms with van der Waals surface area (Å²) in [5.74, 6) is -2.55. The summed E-state index contributed by atoms with van der Waals surface area (Å²) in [4.78, 5) is 21.2. The molecule has 0 aliphatic rings. The van der Waals surface area contributed by atoms with Gasteiger partial charge in [-0.15, -0.1) is 0 Å². The molecule has 0 radical (unpaired) electrons. The van der Waals surface area contributed by atoms with E-state index in [1.54, 1.807) is 0 Å². The van der Waals surface area contributed by atoms with Gasteiger partial charge in [0.05, 0.1) is 0 Å². The topological polar surface area (TPSA) is 52.6 Å². The van der Waals surface area contributed by atoms with Gasteiger partial charge in [-0.2, -0.15) is 0 Å². The highest BCUT2D eigenvalue weighted by molar-refractivity contribution is 5.83. The number of benzene rings is 2. The maximum atomic E-state index is 13.9. The third-order valence-electron chi connectivity index (χ3n) is 2.74. The van der Waals surface area contributed by atoms with Gasteiger partial charge in [0.25, 0.3) is 6.47 Å². The van der Waals surface area contributed by atoms with Crippen LogP contribution in [0.25, 0.3) is 11.1 Å². The molecule has 0 unspecified atom stereocenters. The van der Waals surface area contributed by atoms with Gasteiger partial charge in [-0.25, -0.2) is 13.6 Å². The van der Waals surface area contributed by atoms with E-state index < -0.39 is 17.6 Å². The van der Waals surface area contributed by atoms with Crippen LogP contribution in [0.1, 0.15) is 0 Å². The van der Waals surface area contributed by atoms with Crippen molar-refractivity contribution in [1.29, 1.82) is 0 Å². The molecule has 0 aliphatic heterocycles. The van der Waals surface area contributed by atoms with Crippen LogP contribution in [0.15, 0.2) is 49.1 Å². The molecule has 0 amide bonds. The lowest BCUT2D eigenvalue weighted by Gasteiger charge is -2.08. The standard InChI is InChI=1S/C16H10F2O4/c1-2-16(20)22-15-6-3-10(7-14(15)18)12-5-4-11(21-9-19)8-13(12)17/h2-9H,1H2. The van der Waals surface area contributed by atoms with Crippen LogP contribution in [0, 0.1) is 11.6 Å². The summed E-state index contributed by atoms with van der Waals surface area (Å²) in [7, 11) is 0. The molecular weight excluding hydrogens is 294 g/mol. The second-order valence-electron chi connectivity index (χ2n) is 4.13. The van der Waals surface area contributed by atoms with Gasteiger partial charge in [0.15, 0.2) is 11.6 Å². The molecule has 0 fully saturated rings. The Balaban J connectivity index is 2.33. The summed E-state index contributed by atoms with van der Waals surface area (Å²) < 4.78 is 37.0. The van der Waals surface area contributed by atoms with E-state index in [1.807, 2.05) is 0 Å². The molecule has 0 aliphatic carbocycles. The van der Waals surface area contributed by atoms with Crippen LogP contribution in [0.4, 0.5) is 8.78 Å². The molecule has 4 nitrogen and oxygen atoms in total. The molecule has 0 heterocycles. The van der Waals surface area contributed by atoms with Crippen LogP contribution in [0.2, 0.25) is 0 Å². The van der Waals surface area contributed by atoms with Crippen molar-refractivity contribution in [1.82, 2.24) is 0 Å². The van der Waals surface area contributed by atoms with E-state index in [2.05, 4.69) is 16.1 Å². The molecule has 2 rings (SSSR count). The van der Waals surface area contributed by atoms with Crippen molar-refractivity contribution in [3.63, 3.8) is 0 Å². The SMILES string of the molecule is C=CC(=O)Oc1ccc(-c2ccc(OC=O)cc2F)cc1F. The number of carbonyl (C=O) groups is 2. The van der Waals surface area contributed by atoms with Crippen molar-refractivity contribution in [2.75, 3.05) is 0 Å². The first-order valence-corrected chi connectivity index (χ1v) is 6.09. The fourth-order valence-corrected chi connectivity index (χ4v) is 1.76. The Morgan fingerprint density at radius 3 is 2.45 bits per heavy atom. The van der Waals surface area contributed by atoms with Gasteiger partial charge in [0, 0.05) is 17.7 Å². The Bertz CT molecular complexity index is 741. The minimum Gasteiger partial charge on any atom is -0.429 e. The Kier molecular flexibility index (Phi) is 4.63. The van der Waals surface area contributed by atoms with Crippen molar-refractivity contribution in [2.45, 2.75) is 0 Å². The summed E-state index contributed by atoms with van der Waals surface area (Å²) in [6.07, 6.45) is 0.902. The molecule has 22 heavy (non-hydrogen) atoms. The number of esters is 1. The number of ether oxygens (including phenoxy) is 2. The molecule has 2 aromatic carbocycles. The number of rotatable bonds is 5. The quantitative estimate of drug-likeness (QED) is 0.368. The van der Waals surface area contributed by atoms with E-state index >= 15 is 0 Å². The van der Waals surface area contributed by atoms with E-state index in [4.69, 9.17) is 0 Å². The van der Waals surface area contributed by atoms with Crippen molar-refractivity contribution in [3.05, 3.63) is 60.7 Å². The highest BCUT2D eigenvalue weighted by Crippen LogP contribution is 2.29. The lowest BCUT2D eigenvalue weighted by molar-refractivity contribution is -0.129. The van der Waals surface area contributed by atoms with Crippen molar-refractivity contribution >= 4 is 12.4 Å². The first kappa shape index (κ1) is 15.4. The predicted octanol–water partition coefficient (Wildman–Crippen LogP) is 3.26. The first-order chi connectivity index (χ1) is 10.5. The van der Waals surface area contributed by atoms with Gasteiger partial charge in [0.2, 0.25) is 0 Å². The molecule has 0 saturated heterocycles.